The smallest absolute Gasteiger partial charge is 0.317 e. The van der Waals surface area contributed by atoms with Crippen LogP contribution < -0.4 is 5.32 Å². The number of carboxylic acids is 1. The number of thiophene rings is 1. The molecule has 1 rings (SSSR count). The summed E-state index contributed by atoms with van der Waals surface area (Å²) < 4.78 is 1.03. The van der Waals surface area contributed by atoms with Crippen molar-refractivity contribution in [2.24, 2.45) is 0 Å². The third kappa shape index (κ3) is 6.07. The number of rotatable bonds is 6. The van der Waals surface area contributed by atoms with E-state index in [-0.39, 0.29) is 18.5 Å². The van der Waals surface area contributed by atoms with Crippen LogP contribution in [0.3, 0.4) is 0 Å². The van der Waals surface area contributed by atoms with Crippen molar-refractivity contribution in [2.45, 2.75) is 32.4 Å². The molecule has 0 aromatic carbocycles. The summed E-state index contributed by atoms with van der Waals surface area (Å²) in [5.41, 5.74) is 1.06. The van der Waals surface area contributed by atoms with E-state index in [0.717, 1.165) is 9.35 Å². The molecule has 2 amide bonds. The molecule has 106 valence electrons. The lowest BCUT2D eigenvalue weighted by Gasteiger charge is -2.20. The molecule has 0 aliphatic rings. The zero-order chi connectivity index (χ0) is 14.4. The van der Waals surface area contributed by atoms with Crippen LogP contribution in [0.25, 0.3) is 0 Å². The molecule has 0 saturated heterocycles. The van der Waals surface area contributed by atoms with Crippen LogP contribution in [-0.4, -0.2) is 35.1 Å². The predicted molar refractivity (Wildman–Crippen MR) is 78.3 cm³/mol. The van der Waals surface area contributed by atoms with Crippen LogP contribution in [0, 0.1) is 0 Å². The summed E-state index contributed by atoms with van der Waals surface area (Å²) in [6, 6.07) is 1.63. The van der Waals surface area contributed by atoms with Crippen molar-refractivity contribution in [1.29, 1.82) is 0 Å². The Morgan fingerprint density at radius 2 is 2.26 bits per heavy atom. The molecule has 2 N–H and O–H groups in total. The van der Waals surface area contributed by atoms with Gasteiger partial charge in [0.05, 0.1) is 3.79 Å². The zero-order valence-corrected chi connectivity index (χ0v) is 13.3. The second kappa shape index (κ2) is 7.49. The minimum Gasteiger partial charge on any atom is -0.481 e. The topological polar surface area (TPSA) is 69.6 Å². The van der Waals surface area contributed by atoms with Crippen molar-refractivity contribution >= 4 is 39.3 Å². The van der Waals surface area contributed by atoms with E-state index >= 15 is 0 Å². The van der Waals surface area contributed by atoms with Gasteiger partial charge < -0.3 is 15.3 Å². The summed E-state index contributed by atoms with van der Waals surface area (Å²) >= 11 is 4.95. The highest BCUT2D eigenvalue weighted by atomic mass is 79.9. The largest absolute Gasteiger partial charge is 0.481 e. The lowest BCUT2D eigenvalue weighted by atomic mass is 10.2. The van der Waals surface area contributed by atoms with Gasteiger partial charge in [-0.25, -0.2) is 4.79 Å². The van der Waals surface area contributed by atoms with Gasteiger partial charge in [-0.2, -0.15) is 0 Å². The summed E-state index contributed by atoms with van der Waals surface area (Å²) in [6.07, 6.45) is 0.488. The maximum Gasteiger partial charge on any atom is 0.317 e. The van der Waals surface area contributed by atoms with Crippen molar-refractivity contribution in [3.8, 4) is 0 Å². The fourth-order valence-corrected chi connectivity index (χ4v) is 2.71. The van der Waals surface area contributed by atoms with Gasteiger partial charge in [0.15, 0.2) is 0 Å². The van der Waals surface area contributed by atoms with Gasteiger partial charge in [0.25, 0.3) is 0 Å². The fraction of sp³-hybridized carbons (Fsp3) is 0.500. The number of carbonyl (C=O) groups is 2. The van der Waals surface area contributed by atoms with Crippen LogP contribution in [0.5, 0.6) is 0 Å². The monoisotopic (exact) mass is 348 g/mol. The summed E-state index contributed by atoms with van der Waals surface area (Å²) in [4.78, 5) is 23.9. The summed E-state index contributed by atoms with van der Waals surface area (Å²) in [7, 11) is 1.71. The number of aliphatic carboxylic acids is 1. The third-order valence-corrected chi connectivity index (χ3v) is 4.10. The molecule has 1 unspecified atom stereocenters. The molecule has 1 aromatic rings. The second-order valence-corrected chi connectivity index (χ2v) is 6.69. The first-order valence-electron chi connectivity index (χ1n) is 5.85. The lowest BCUT2D eigenvalue weighted by molar-refractivity contribution is -0.137. The average molecular weight is 349 g/mol. The first-order valence-corrected chi connectivity index (χ1v) is 7.52. The van der Waals surface area contributed by atoms with Gasteiger partial charge >= 0.3 is 12.0 Å². The Bertz CT molecular complexity index is 450. The first kappa shape index (κ1) is 16.0. The second-order valence-electron chi connectivity index (χ2n) is 4.40. The summed E-state index contributed by atoms with van der Waals surface area (Å²) in [5, 5.41) is 13.3. The van der Waals surface area contributed by atoms with Crippen molar-refractivity contribution in [2.75, 3.05) is 7.05 Å². The number of hydrogen-bond acceptors (Lipinski definition) is 3. The number of carbonyl (C=O) groups excluding carboxylic acids is 1. The highest BCUT2D eigenvalue weighted by Crippen LogP contribution is 2.21. The Kier molecular flexibility index (Phi) is 6.30. The van der Waals surface area contributed by atoms with E-state index in [2.05, 4.69) is 21.2 Å². The molecular weight excluding hydrogens is 332 g/mol. The molecule has 0 aliphatic heterocycles. The van der Waals surface area contributed by atoms with Crippen LogP contribution in [0.2, 0.25) is 0 Å². The molecule has 0 aliphatic carbocycles. The summed E-state index contributed by atoms with van der Waals surface area (Å²) in [6.45, 7) is 2.33. The maximum absolute atomic E-state index is 11.9. The number of nitrogens with zero attached hydrogens (tertiary/aromatic N) is 1. The standard InChI is InChI=1S/C12H17BrN2O3S/c1-8(3-4-11(16)17)14-12(18)15(2)6-9-5-10(13)19-7-9/h5,7-8H,3-4,6H2,1-2H3,(H,14,18)(H,16,17). The van der Waals surface area contributed by atoms with Crippen LogP contribution >= 0.6 is 27.3 Å². The molecule has 1 atom stereocenters. The van der Waals surface area contributed by atoms with Gasteiger partial charge in [-0.3, -0.25) is 4.79 Å². The van der Waals surface area contributed by atoms with E-state index in [9.17, 15) is 9.59 Å². The zero-order valence-electron chi connectivity index (χ0n) is 10.9. The number of carboxylic acid groups (broad SMARTS) is 1. The van der Waals surface area contributed by atoms with Crippen molar-refractivity contribution in [1.82, 2.24) is 10.2 Å². The maximum atomic E-state index is 11.9. The van der Waals surface area contributed by atoms with Gasteiger partial charge in [0.2, 0.25) is 0 Å². The Labute approximate surface area is 124 Å². The highest BCUT2D eigenvalue weighted by molar-refractivity contribution is 9.11. The first-order chi connectivity index (χ1) is 8.88. The van der Waals surface area contributed by atoms with E-state index in [1.54, 1.807) is 30.2 Å². The van der Waals surface area contributed by atoms with Crippen LogP contribution in [0.15, 0.2) is 15.2 Å². The molecule has 5 nitrogen and oxygen atoms in total. The Hall–Kier alpha value is -1.08. The van der Waals surface area contributed by atoms with E-state index in [1.807, 2.05) is 11.4 Å². The van der Waals surface area contributed by atoms with Crippen molar-refractivity contribution in [3.63, 3.8) is 0 Å². The van der Waals surface area contributed by atoms with E-state index in [0.29, 0.717) is 13.0 Å². The average Bonchev–Trinajstić information content (AvgIpc) is 2.72. The normalized spacial score (nSPS) is 11.9. The Balaban J connectivity index is 2.37. The lowest BCUT2D eigenvalue weighted by Crippen LogP contribution is -2.41. The predicted octanol–water partition coefficient (Wildman–Crippen LogP) is 2.91. The Morgan fingerprint density at radius 1 is 1.58 bits per heavy atom. The number of urea groups is 1. The van der Waals surface area contributed by atoms with Gasteiger partial charge in [-0.05, 0) is 46.3 Å². The van der Waals surface area contributed by atoms with E-state index in [4.69, 9.17) is 5.11 Å². The molecule has 1 aromatic heterocycles. The van der Waals surface area contributed by atoms with E-state index in [1.165, 1.54) is 0 Å². The van der Waals surface area contributed by atoms with Gasteiger partial charge in [0.1, 0.15) is 0 Å². The van der Waals surface area contributed by atoms with Gasteiger partial charge in [-0.1, -0.05) is 0 Å². The highest BCUT2D eigenvalue weighted by Gasteiger charge is 2.13. The van der Waals surface area contributed by atoms with Crippen LogP contribution in [0.4, 0.5) is 4.79 Å². The number of halogens is 1. The number of amides is 2. The number of hydrogen-bond donors (Lipinski definition) is 2. The third-order valence-electron chi connectivity index (χ3n) is 2.55. The molecule has 0 bridgehead atoms. The van der Waals surface area contributed by atoms with Crippen LogP contribution in [0.1, 0.15) is 25.3 Å². The minimum atomic E-state index is -0.849. The fourth-order valence-electron chi connectivity index (χ4n) is 1.51. The van der Waals surface area contributed by atoms with Gasteiger partial charge in [-0.15, -0.1) is 11.3 Å². The van der Waals surface area contributed by atoms with Crippen LogP contribution in [-0.2, 0) is 11.3 Å². The molecule has 1 heterocycles. The molecule has 0 radical (unpaired) electrons. The number of nitrogens with one attached hydrogen (secondary N) is 1. The minimum absolute atomic E-state index is 0.0582. The molecule has 0 spiro atoms. The SMILES string of the molecule is CC(CCC(=O)O)NC(=O)N(C)Cc1csc(Br)c1. The molecule has 19 heavy (non-hydrogen) atoms. The molecule has 0 fully saturated rings. The van der Waals surface area contributed by atoms with Crippen molar-refractivity contribution in [3.05, 3.63) is 20.8 Å². The molecule has 7 heteroatoms. The van der Waals surface area contributed by atoms with E-state index < -0.39 is 5.97 Å². The van der Waals surface area contributed by atoms with Crippen molar-refractivity contribution < 1.29 is 14.7 Å². The molecule has 0 saturated carbocycles. The summed E-state index contributed by atoms with van der Waals surface area (Å²) in [5.74, 6) is -0.849. The quantitative estimate of drug-likeness (QED) is 0.830. The Morgan fingerprint density at radius 3 is 2.79 bits per heavy atom. The molecular formula is C12H17BrN2O3S. The van der Waals surface area contributed by atoms with Gasteiger partial charge in [0, 0.05) is 26.1 Å².